The first-order valence-electron chi connectivity index (χ1n) is 6.67. The molecule has 0 spiro atoms. The lowest BCUT2D eigenvalue weighted by atomic mass is 10.0. The number of oxime groups is 1. The zero-order chi connectivity index (χ0) is 15.5. The monoisotopic (exact) mass is 318 g/mol. The number of carbonyl (C=O) groups is 1. The summed E-state index contributed by atoms with van der Waals surface area (Å²) < 4.78 is 13.6. The Labute approximate surface area is 131 Å². The van der Waals surface area contributed by atoms with Crippen LogP contribution in [0.4, 0.5) is 10.1 Å². The summed E-state index contributed by atoms with van der Waals surface area (Å²) in [6, 6.07) is 13.4. The second-order valence-corrected chi connectivity index (χ2v) is 5.25. The molecule has 2 aromatic rings. The molecule has 1 amide bonds. The molecule has 0 aromatic heterocycles. The fourth-order valence-corrected chi connectivity index (χ4v) is 2.30. The third-order valence-corrected chi connectivity index (χ3v) is 3.49. The Morgan fingerprint density at radius 1 is 1.27 bits per heavy atom. The average Bonchev–Trinajstić information content (AvgIpc) is 3.02. The minimum absolute atomic E-state index is 0.0225. The van der Waals surface area contributed by atoms with Crippen LogP contribution < -0.4 is 5.32 Å². The Morgan fingerprint density at radius 2 is 2.05 bits per heavy atom. The van der Waals surface area contributed by atoms with Crippen molar-refractivity contribution in [1.82, 2.24) is 0 Å². The highest BCUT2D eigenvalue weighted by atomic mass is 35.5. The first-order chi connectivity index (χ1) is 10.6. The van der Waals surface area contributed by atoms with Crippen molar-refractivity contribution in [3.05, 3.63) is 64.9 Å². The van der Waals surface area contributed by atoms with Gasteiger partial charge in [-0.25, -0.2) is 4.39 Å². The van der Waals surface area contributed by atoms with Gasteiger partial charge in [-0.2, -0.15) is 0 Å². The van der Waals surface area contributed by atoms with Crippen LogP contribution >= 0.6 is 11.6 Å². The van der Waals surface area contributed by atoms with E-state index in [1.165, 1.54) is 18.2 Å². The van der Waals surface area contributed by atoms with Crippen LogP contribution in [0.1, 0.15) is 12.0 Å². The predicted octanol–water partition coefficient (Wildman–Crippen LogP) is 3.61. The van der Waals surface area contributed by atoms with Gasteiger partial charge in [0, 0.05) is 11.4 Å². The molecule has 22 heavy (non-hydrogen) atoms. The number of carbonyl (C=O) groups excluding carboxylic acids is 1. The fourth-order valence-electron chi connectivity index (χ4n) is 2.13. The lowest BCUT2D eigenvalue weighted by Gasteiger charge is -2.10. The highest BCUT2D eigenvalue weighted by molar-refractivity contribution is 6.30. The van der Waals surface area contributed by atoms with E-state index in [2.05, 4.69) is 10.5 Å². The molecule has 0 radical (unpaired) electrons. The number of benzene rings is 2. The maximum absolute atomic E-state index is 13.6. The van der Waals surface area contributed by atoms with Crippen molar-refractivity contribution in [3.63, 3.8) is 0 Å². The van der Waals surface area contributed by atoms with Gasteiger partial charge in [-0.15, -0.1) is 0 Å². The van der Waals surface area contributed by atoms with Crippen molar-refractivity contribution < 1.29 is 14.0 Å². The average molecular weight is 319 g/mol. The summed E-state index contributed by atoms with van der Waals surface area (Å²) in [5.74, 6) is -1.02. The van der Waals surface area contributed by atoms with Crippen LogP contribution in [0, 0.1) is 5.82 Å². The Hall–Kier alpha value is -2.40. The molecular formula is C16H12ClFN2O2. The van der Waals surface area contributed by atoms with Crippen LogP contribution in [0.3, 0.4) is 0 Å². The predicted molar refractivity (Wildman–Crippen MR) is 82.5 cm³/mol. The van der Waals surface area contributed by atoms with Crippen molar-refractivity contribution in [2.75, 3.05) is 5.32 Å². The molecular weight excluding hydrogens is 307 g/mol. The number of rotatable bonds is 3. The van der Waals surface area contributed by atoms with Crippen molar-refractivity contribution in [2.45, 2.75) is 12.5 Å². The molecule has 6 heteroatoms. The van der Waals surface area contributed by atoms with Gasteiger partial charge in [0.1, 0.15) is 5.82 Å². The number of halogens is 2. The molecule has 0 saturated heterocycles. The van der Waals surface area contributed by atoms with E-state index in [0.717, 1.165) is 5.56 Å². The van der Waals surface area contributed by atoms with Crippen LogP contribution in [-0.2, 0) is 9.63 Å². The summed E-state index contributed by atoms with van der Waals surface area (Å²) in [7, 11) is 0. The first-order valence-corrected chi connectivity index (χ1v) is 7.05. The van der Waals surface area contributed by atoms with Gasteiger partial charge in [0.2, 0.25) is 6.10 Å². The molecule has 112 valence electrons. The number of nitrogens with zero attached hydrogens (tertiary/aromatic N) is 1. The quantitative estimate of drug-likeness (QED) is 0.940. The number of amides is 1. The standard InChI is InChI=1S/C16H12ClFN2O2/c17-11-6-7-12(18)14(8-11)19-16(21)15-9-13(20-22-15)10-4-2-1-3-5-10/h1-8,15H,9H2,(H,19,21). The highest BCUT2D eigenvalue weighted by Gasteiger charge is 2.29. The third kappa shape index (κ3) is 3.09. The summed E-state index contributed by atoms with van der Waals surface area (Å²) >= 11 is 5.79. The SMILES string of the molecule is O=C(Nc1cc(Cl)ccc1F)C1CC(c2ccccc2)=NO1. The molecule has 0 fully saturated rings. The number of anilines is 1. The Morgan fingerprint density at radius 3 is 2.82 bits per heavy atom. The molecule has 3 rings (SSSR count). The van der Waals surface area contributed by atoms with Gasteiger partial charge in [0.05, 0.1) is 11.4 Å². The largest absolute Gasteiger partial charge is 0.382 e. The topological polar surface area (TPSA) is 50.7 Å². The maximum Gasteiger partial charge on any atom is 0.268 e. The molecule has 1 heterocycles. The van der Waals surface area contributed by atoms with Gasteiger partial charge in [-0.3, -0.25) is 4.79 Å². The van der Waals surface area contributed by atoms with Crippen molar-refractivity contribution in [2.24, 2.45) is 5.16 Å². The molecule has 0 bridgehead atoms. The van der Waals surface area contributed by atoms with E-state index in [1.807, 2.05) is 30.3 Å². The summed E-state index contributed by atoms with van der Waals surface area (Å²) in [5, 5.41) is 6.73. The molecule has 0 saturated carbocycles. The summed E-state index contributed by atoms with van der Waals surface area (Å²) in [6.07, 6.45) is -0.452. The third-order valence-electron chi connectivity index (χ3n) is 3.25. The molecule has 0 aliphatic carbocycles. The zero-order valence-electron chi connectivity index (χ0n) is 11.4. The van der Waals surface area contributed by atoms with Gasteiger partial charge < -0.3 is 10.2 Å². The minimum Gasteiger partial charge on any atom is -0.382 e. The van der Waals surface area contributed by atoms with Crippen LogP contribution in [0.15, 0.2) is 53.7 Å². The van der Waals surface area contributed by atoms with Gasteiger partial charge in [0.25, 0.3) is 5.91 Å². The maximum atomic E-state index is 13.6. The molecule has 1 unspecified atom stereocenters. The Bertz CT molecular complexity index is 734. The van der Waals surface area contributed by atoms with Crippen LogP contribution in [0.25, 0.3) is 0 Å². The number of nitrogens with one attached hydrogen (secondary N) is 1. The number of hydrogen-bond acceptors (Lipinski definition) is 3. The van der Waals surface area contributed by atoms with Gasteiger partial charge in [-0.1, -0.05) is 47.1 Å². The van der Waals surface area contributed by atoms with E-state index in [1.54, 1.807) is 0 Å². The van der Waals surface area contributed by atoms with Crippen molar-refractivity contribution >= 4 is 28.9 Å². The normalized spacial score (nSPS) is 16.8. The summed E-state index contributed by atoms with van der Waals surface area (Å²) in [6.45, 7) is 0. The van der Waals surface area contributed by atoms with Crippen LogP contribution in [0.5, 0.6) is 0 Å². The molecule has 1 aliphatic heterocycles. The molecule has 4 nitrogen and oxygen atoms in total. The zero-order valence-corrected chi connectivity index (χ0v) is 12.2. The van der Waals surface area contributed by atoms with E-state index < -0.39 is 17.8 Å². The van der Waals surface area contributed by atoms with Crippen molar-refractivity contribution in [3.8, 4) is 0 Å². The Balaban J connectivity index is 1.67. The van der Waals surface area contributed by atoms with E-state index in [9.17, 15) is 9.18 Å². The molecule has 1 aliphatic rings. The van der Waals surface area contributed by atoms with E-state index >= 15 is 0 Å². The van der Waals surface area contributed by atoms with Gasteiger partial charge in [-0.05, 0) is 23.8 Å². The second kappa shape index (κ2) is 6.15. The lowest BCUT2D eigenvalue weighted by Crippen LogP contribution is -2.28. The first kappa shape index (κ1) is 14.5. The second-order valence-electron chi connectivity index (χ2n) is 4.82. The van der Waals surface area contributed by atoms with E-state index in [0.29, 0.717) is 17.2 Å². The molecule has 2 aromatic carbocycles. The lowest BCUT2D eigenvalue weighted by molar-refractivity contribution is -0.125. The van der Waals surface area contributed by atoms with Crippen LogP contribution in [-0.4, -0.2) is 17.7 Å². The Kier molecular flexibility index (Phi) is 4.06. The van der Waals surface area contributed by atoms with Gasteiger partial charge in [0.15, 0.2) is 0 Å². The smallest absolute Gasteiger partial charge is 0.268 e. The number of hydrogen-bond donors (Lipinski definition) is 1. The summed E-state index contributed by atoms with van der Waals surface area (Å²) in [5.41, 5.74) is 1.60. The minimum atomic E-state index is -0.784. The summed E-state index contributed by atoms with van der Waals surface area (Å²) in [4.78, 5) is 17.3. The van der Waals surface area contributed by atoms with E-state index in [4.69, 9.17) is 16.4 Å². The highest BCUT2D eigenvalue weighted by Crippen LogP contribution is 2.22. The van der Waals surface area contributed by atoms with Crippen LogP contribution in [0.2, 0.25) is 5.02 Å². The van der Waals surface area contributed by atoms with Gasteiger partial charge >= 0.3 is 0 Å². The fraction of sp³-hybridized carbons (Fsp3) is 0.125. The molecule has 1 atom stereocenters. The van der Waals surface area contributed by atoms with Crippen molar-refractivity contribution in [1.29, 1.82) is 0 Å². The molecule has 1 N–H and O–H groups in total. The van der Waals surface area contributed by atoms with E-state index in [-0.39, 0.29) is 5.69 Å².